The largest absolute Gasteiger partial charge is 0.445 e. The molecule has 4 rings (SSSR count). The second-order valence-corrected chi connectivity index (χ2v) is 9.16. The molecule has 0 radical (unpaired) electrons. The van der Waals surface area contributed by atoms with Crippen LogP contribution in [0.3, 0.4) is 0 Å². The van der Waals surface area contributed by atoms with Gasteiger partial charge < -0.3 is 10.1 Å². The van der Waals surface area contributed by atoms with Crippen molar-refractivity contribution in [2.24, 2.45) is 5.92 Å². The Morgan fingerprint density at radius 2 is 1.60 bits per heavy atom. The van der Waals surface area contributed by atoms with Gasteiger partial charge in [0.15, 0.2) is 0 Å². The molecule has 4 heteroatoms. The molecule has 0 saturated carbocycles. The number of amides is 1. The van der Waals surface area contributed by atoms with Gasteiger partial charge in [-0.2, -0.15) is 0 Å². The molecule has 1 N–H and O–H groups in total. The first kappa shape index (κ1) is 18.2. The lowest BCUT2D eigenvalue weighted by Crippen LogP contribution is -2.53. The van der Waals surface area contributed by atoms with Gasteiger partial charge in [-0.3, -0.25) is 4.90 Å². The molecule has 1 aromatic rings. The lowest BCUT2D eigenvalue weighted by atomic mass is 9.84. The highest BCUT2D eigenvalue weighted by Gasteiger charge is 2.37. The summed E-state index contributed by atoms with van der Waals surface area (Å²) in [6.45, 7) is 13.9. The average molecular weight is 344 g/mol. The van der Waals surface area contributed by atoms with E-state index in [1.54, 1.807) is 0 Å². The third kappa shape index (κ3) is 4.17. The van der Waals surface area contributed by atoms with E-state index in [0.717, 1.165) is 38.0 Å². The Labute approximate surface area is 151 Å². The number of fused-ring (bicyclic) bond motifs is 3. The third-order valence-corrected chi connectivity index (χ3v) is 5.74. The zero-order valence-electron chi connectivity index (χ0n) is 16.3. The van der Waals surface area contributed by atoms with Crippen LogP contribution in [-0.4, -0.2) is 36.7 Å². The molecule has 2 bridgehead atoms. The van der Waals surface area contributed by atoms with Gasteiger partial charge in [0, 0.05) is 6.54 Å². The van der Waals surface area contributed by atoms with Crippen molar-refractivity contribution in [3.8, 4) is 0 Å². The second-order valence-electron chi connectivity index (χ2n) is 9.16. The molecule has 0 aromatic heterocycles. The molecule has 1 atom stereocenters. The number of ether oxygens (including phenoxy) is 1. The fourth-order valence-electron chi connectivity index (χ4n) is 3.93. The number of rotatable bonds is 3. The molecule has 4 nitrogen and oxygen atoms in total. The van der Waals surface area contributed by atoms with Crippen LogP contribution >= 0.6 is 0 Å². The molecule has 3 fully saturated rings. The number of piperidine rings is 3. The predicted octanol–water partition coefficient (Wildman–Crippen LogP) is 4.04. The van der Waals surface area contributed by atoms with Gasteiger partial charge in [-0.1, -0.05) is 45.0 Å². The molecular weight excluding hydrogens is 312 g/mol. The van der Waals surface area contributed by atoms with Crippen molar-refractivity contribution >= 4 is 6.09 Å². The fourth-order valence-corrected chi connectivity index (χ4v) is 3.93. The van der Waals surface area contributed by atoms with Crippen molar-refractivity contribution in [1.29, 1.82) is 0 Å². The van der Waals surface area contributed by atoms with E-state index in [2.05, 4.69) is 55.3 Å². The van der Waals surface area contributed by atoms with Gasteiger partial charge in [0.05, 0.1) is 5.54 Å². The smallest absolute Gasteiger partial charge is 0.408 e. The predicted molar refractivity (Wildman–Crippen MR) is 101 cm³/mol. The van der Waals surface area contributed by atoms with Gasteiger partial charge >= 0.3 is 6.09 Å². The summed E-state index contributed by atoms with van der Waals surface area (Å²) in [6.07, 6.45) is 2.04. The van der Waals surface area contributed by atoms with E-state index >= 15 is 0 Å². The van der Waals surface area contributed by atoms with Crippen LogP contribution in [0.25, 0.3) is 0 Å². The van der Waals surface area contributed by atoms with E-state index in [-0.39, 0.29) is 17.6 Å². The summed E-state index contributed by atoms with van der Waals surface area (Å²) in [7, 11) is 0. The topological polar surface area (TPSA) is 41.6 Å². The normalized spacial score (nSPS) is 26.4. The molecule has 25 heavy (non-hydrogen) atoms. The van der Waals surface area contributed by atoms with Crippen LogP contribution in [0, 0.1) is 5.92 Å². The van der Waals surface area contributed by atoms with Crippen molar-refractivity contribution in [3.63, 3.8) is 0 Å². The van der Waals surface area contributed by atoms with Crippen molar-refractivity contribution < 1.29 is 9.53 Å². The Morgan fingerprint density at radius 1 is 1.04 bits per heavy atom. The SMILES string of the molecule is CC(C)(C)c1ccc(C(C)(C)NC(=O)OC2CN3CCC2CC3)cc1. The summed E-state index contributed by atoms with van der Waals surface area (Å²) in [5.41, 5.74) is 2.06. The highest BCUT2D eigenvalue weighted by atomic mass is 16.6. The van der Waals surface area contributed by atoms with E-state index in [0.29, 0.717) is 5.92 Å². The van der Waals surface area contributed by atoms with Gasteiger partial charge in [0.25, 0.3) is 0 Å². The standard InChI is InChI=1S/C21H32N2O2/c1-20(2,3)16-6-8-17(9-7-16)21(4,5)22-19(24)25-18-14-23-12-10-15(18)11-13-23/h6-9,15,18H,10-14H2,1-5H3,(H,22,24). The summed E-state index contributed by atoms with van der Waals surface area (Å²) in [5.74, 6) is 0.532. The highest BCUT2D eigenvalue weighted by Crippen LogP contribution is 2.30. The molecule has 1 aromatic carbocycles. The maximum atomic E-state index is 12.5. The lowest BCUT2D eigenvalue weighted by molar-refractivity contribution is -0.0349. The number of nitrogens with zero attached hydrogens (tertiary/aromatic N) is 1. The van der Waals surface area contributed by atoms with Gasteiger partial charge in [-0.05, 0) is 62.2 Å². The number of alkyl carbamates (subject to hydrolysis) is 1. The second kappa shape index (κ2) is 6.64. The van der Waals surface area contributed by atoms with Crippen molar-refractivity contribution in [2.75, 3.05) is 19.6 Å². The third-order valence-electron chi connectivity index (χ3n) is 5.74. The number of nitrogens with one attached hydrogen (secondary N) is 1. The minimum Gasteiger partial charge on any atom is -0.445 e. The van der Waals surface area contributed by atoms with E-state index < -0.39 is 5.54 Å². The molecular formula is C21H32N2O2. The molecule has 1 unspecified atom stereocenters. The van der Waals surface area contributed by atoms with Crippen molar-refractivity contribution in [2.45, 2.75) is 64.5 Å². The Hall–Kier alpha value is -1.55. The molecule has 3 aliphatic rings. The maximum Gasteiger partial charge on any atom is 0.408 e. The van der Waals surface area contributed by atoms with Gasteiger partial charge in [-0.15, -0.1) is 0 Å². The summed E-state index contributed by atoms with van der Waals surface area (Å²) < 4.78 is 5.77. The molecule has 3 heterocycles. The van der Waals surface area contributed by atoms with E-state index in [4.69, 9.17) is 4.74 Å². The first-order valence-corrected chi connectivity index (χ1v) is 9.47. The Balaban J connectivity index is 1.61. The first-order chi connectivity index (χ1) is 11.6. The van der Waals surface area contributed by atoms with Crippen LogP contribution in [0.4, 0.5) is 4.79 Å². The Morgan fingerprint density at radius 3 is 2.08 bits per heavy atom. The zero-order valence-corrected chi connectivity index (χ0v) is 16.3. The van der Waals surface area contributed by atoms with E-state index in [1.807, 2.05) is 13.8 Å². The van der Waals surface area contributed by atoms with Crippen molar-refractivity contribution in [3.05, 3.63) is 35.4 Å². The summed E-state index contributed by atoms with van der Waals surface area (Å²) >= 11 is 0. The van der Waals surface area contributed by atoms with E-state index in [1.165, 1.54) is 5.56 Å². The first-order valence-electron chi connectivity index (χ1n) is 9.47. The minimum absolute atomic E-state index is 0.0431. The summed E-state index contributed by atoms with van der Waals surface area (Å²) in [5, 5.41) is 3.06. The number of benzene rings is 1. The number of hydrogen-bond donors (Lipinski definition) is 1. The monoisotopic (exact) mass is 344 g/mol. The van der Waals surface area contributed by atoms with Crippen LogP contribution in [0.1, 0.15) is 58.6 Å². The van der Waals surface area contributed by atoms with Crippen molar-refractivity contribution in [1.82, 2.24) is 10.2 Å². The zero-order chi connectivity index (χ0) is 18.2. The molecule has 0 spiro atoms. The molecule has 1 amide bonds. The fraction of sp³-hybridized carbons (Fsp3) is 0.667. The number of carbonyl (C=O) groups is 1. The quantitative estimate of drug-likeness (QED) is 0.900. The molecule has 138 valence electrons. The van der Waals surface area contributed by atoms with E-state index in [9.17, 15) is 4.79 Å². The minimum atomic E-state index is -0.457. The van der Waals surface area contributed by atoms with Gasteiger partial charge in [-0.25, -0.2) is 4.79 Å². The van der Waals surface area contributed by atoms with Crippen LogP contribution in [0.15, 0.2) is 24.3 Å². The van der Waals surface area contributed by atoms with Crippen LogP contribution in [0.5, 0.6) is 0 Å². The molecule has 3 saturated heterocycles. The summed E-state index contributed by atoms with van der Waals surface area (Å²) in [4.78, 5) is 14.8. The molecule has 3 aliphatic heterocycles. The lowest BCUT2D eigenvalue weighted by Gasteiger charge is -2.44. The summed E-state index contributed by atoms with van der Waals surface area (Å²) in [6, 6.07) is 8.51. The number of carbonyl (C=O) groups excluding carboxylic acids is 1. The van der Waals surface area contributed by atoms with Crippen LogP contribution < -0.4 is 5.32 Å². The average Bonchev–Trinajstić information content (AvgIpc) is 2.54. The molecule has 0 aliphatic carbocycles. The van der Waals surface area contributed by atoms with Crippen LogP contribution in [0.2, 0.25) is 0 Å². The van der Waals surface area contributed by atoms with Gasteiger partial charge in [0.2, 0.25) is 0 Å². The Bertz CT molecular complexity index is 608. The maximum absolute atomic E-state index is 12.5. The van der Waals surface area contributed by atoms with Crippen LogP contribution in [-0.2, 0) is 15.7 Å². The highest BCUT2D eigenvalue weighted by molar-refractivity contribution is 5.69. The van der Waals surface area contributed by atoms with Gasteiger partial charge in [0.1, 0.15) is 6.10 Å². The Kier molecular flexibility index (Phi) is 4.84. The number of hydrogen-bond acceptors (Lipinski definition) is 3.